The van der Waals surface area contributed by atoms with Gasteiger partial charge in [-0.2, -0.15) is 0 Å². The van der Waals surface area contributed by atoms with Crippen molar-refractivity contribution in [2.75, 3.05) is 6.54 Å². The number of nitrogens with zero attached hydrogens (tertiary/aromatic N) is 1. The van der Waals surface area contributed by atoms with E-state index in [1.54, 1.807) is 30.0 Å². The smallest absolute Gasteiger partial charge is 0.242 e. The second kappa shape index (κ2) is 10.1. The average molecular weight is 472 g/mol. The number of benzene rings is 2. The fourth-order valence-corrected chi connectivity index (χ4v) is 3.44. The fourth-order valence-electron chi connectivity index (χ4n) is 2.65. The van der Waals surface area contributed by atoms with Crippen LogP contribution in [0, 0.1) is 0 Å². The van der Waals surface area contributed by atoms with Gasteiger partial charge in [0.25, 0.3) is 0 Å². The molecule has 0 saturated heterocycles. The maximum Gasteiger partial charge on any atom is 0.242 e. The second-order valence-electron chi connectivity index (χ2n) is 6.10. The largest absolute Gasteiger partial charge is 0.355 e. The van der Waals surface area contributed by atoms with Gasteiger partial charge >= 0.3 is 0 Å². The first-order valence-electron chi connectivity index (χ1n) is 8.58. The minimum absolute atomic E-state index is 0.0266. The topological polar surface area (TPSA) is 49.4 Å². The Bertz CT molecular complexity index is 792. The minimum Gasteiger partial charge on any atom is -0.355 e. The highest BCUT2D eigenvalue weighted by molar-refractivity contribution is 9.10. The molecule has 0 aromatic heterocycles. The van der Waals surface area contributed by atoms with E-state index >= 15 is 0 Å². The molecule has 27 heavy (non-hydrogen) atoms. The lowest BCUT2D eigenvalue weighted by atomic mass is 10.1. The number of nitrogens with one attached hydrogen (secondary N) is 1. The van der Waals surface area contributed by atoms with Crippen molar-refractivity contribution < 1.29 is 9.59 Å². The highest BCUT2D eigenvalue weighted by Crippen LogP contribution is 2.26. The van der Waals surface area contributed by atoms with Gasteiger partial charge in [0.05, 0.1) is 6.42 Å². The molecule has 0 heterocycles. The molecule has 0 bridgehead atoms. The molecular formula is C20H21BrCl2N2O2. The highest BCUT2D eigenvalue weighted by Gasteiger charge is 2.26. The van der Waals surface area contributed by atoms with Crippen LogP contribution in [0.5, 0.6) is 0 Å². The highest BCUT2D eigenvalue weighted by atomic mass is 79.9. The lowest BCUT2D eigenvalue weighted by molar-refractivity contribution is -0.140. The molecule has 2 aromatic carbocycles. The van der Waals surface area contributed by atoms with Crippen LogP contribution in [0.3, 0.4) is 0 Å². The van der Waals surface area contributed by atoms with Crippen molar-refractivity contribution in [3.05, 3.63) is 68.1 Å². The van der Waals surface area contributed by atoms with Crippen LogP contribution in [-0.2, 0) is 22.6 Å². The maximum absolute atomic E-state index is 13.1. The standard InChI is InChI=1S/C20H21BrCl2N2O2/c1-3-24-20(27)13(2)25(12-14-7-9-15(21)10-8-14)19(26)11-16-17(22)5-4-6-18(16)23/h4-10,13H,3,11-12H2,1-2H3,(H,24,27)/t13-/m0/s1. The zero-order valence-corrected chi connectivity index (χ0v) is 18.2. The van der Waals surface area contributed by atoms with E-state index in [0.29, 0.717) is 28.7 Å². The Labute approximate surface area is 178 Å². The number of likely N-dealkylation sites (N-methyl/N-ethyl adjacent to an activating group) is 1. The van der Waals surface area contributed by atoms with Gasteiger partial charge in [-0.15, -0.1) is 0 Å². The van der Waals surface area contributed by atoms with Crippen LogP contribution in [0.15, 0.2) is 46.9 Å². The molecule has 1 N–H and O–H groups in total. The summed E-state index contributed by atoms with van der Waals surface area (Å²) < 4.78 is 0.948. The number of rotatable bonds is 7. The molecular weight excluding hydrogens is 451 g/mol. The van der Waals surface area contributed by atoms with Crippen molar-refractivity contribution in [2.24, 2.45) is 0 Å². The predicted molar refractivity (Wildman–Crippen MR) is 113 cm³/mol. The van der Waals surface area contributed by atoms with Crippen molar-refractivity contribution in [1.29, 1.82) is 0 Å². The summed E-state index contributed by atoms with van der Waals surface area (Å²) in [5, 5.41) is 3.64. The number of hydrogen-bond acceptors (Lipinski definition) is 2. The summed E-state index contributed by atoms with van der Waals surface area (Å²) >= 11 is 15.8. The van der Waals surface area contributed by atoms with Gasteiger partial charge in [-0.25, -0.2) is 0 Å². The van der Waals surface area contributed by atoms with Gasteiger partial charge in [-0.3, -0.25) is 9.59 Å². The molecule has 2 aromatic rings. The van der Waals surface area contributed by atoms with Gasteiger partial charge in [0.1, 0.15) is 6.04 Å². The van der Waals surface area contributed by atoms with Gasteiger partial charge in [-0.05, 0) is 49.2 Å². The summed E-state index contributed by atoms with van der Waals surface area (Å²) in [4.78, 5) is 27.0. The molecule has 1 atom stereocenters. The van der Waals surface area contributed by atoms with Crippen LogP contribution in [0.4, 0.5) is 0 Å². The van der Waals surface area contributed by atoms with E-state index in [0.717, 1.165) is 10.0 Å². The third-order valence-electron chi connectivity index (χ3n) is 4.17. The summed E-state index contributed by atoms with van der Waals surface area (Å²) in [6.45, 7) is 4.37. The van der Waals surface area contributed by atoms with E-state index in [1.807, 2.05) is 31.2 Å². The first-order valence-corrected chi connectivity index (χ1v) is 10.1. The van der Waals surface area contributed by atoms with Gasteiger partial charge in [0.2, 0.25) is 11.8 Å². The van der Waals surface area contributed by atoms with Crippen LogP contribution in [-0.4, -0.2) is 29.3 Å². The van der Waals surface area contributed by atoms with E-state index < -0.39 is 6.04 Å². The van der Waals surface area contributed by atoms with Gasteiger partial charge in [-0.1, -0.05) is 57.3 Å². The third-order valence-corrected chi connectivity index (χ3v) is 5.41. The Kier molecular flexibility index (Phi) is 8.14. The molecule has 7 heteroatoms. The number of halogens is 3. The van der Waals surface area contributed by atoms with E-state index in [4.69, 9.17) is 23.2 Å². The molecule has 2 amide bonds. The third kappa shape index (κ3) is 5.96. The summed E-state index contributed by atoms with van der Waals surface area (Å²) in [6, 6.07) is 12.1. The van der Waals surface area contributed by atoms with E-state index in [9.17, 15) is 9.59 Å². The molecule has 2 rings (SSSR count). The van der Waals surface area contributed by atoms with Gasteiger partial charge in [0, 0.05) is 27.6 Å². The SMILES string of the molecule is CCNC(=O)[C@H](C)N(Cc1ccc(Br)cc1)C(=O)Cc1c(Cl)cccc1Cl. The first kappa shape index (κ1) is 21.7. The Balaban J connectivity index is 2.28. The van der Waals surface area contributed by atoms with E-state index in [-0.39, 0.29) is 18.2 Å². The van der Waals surface area contributed by atoms with Crippen LogP contribution in [0.25, 0.3) is 0 Å². The molecule has 144 valence electrons. The first-order chi connectivity index (χ1) is 12.8. The quantitative estimate of drug-likeness (QED) is 0.627. The van der Waals surface area contributed by atoms with Crippen molar-refractivity contribution in [1.82, 2.24) is 10.2 Å². The normalized spacial score (nSPS) is 11.7. The molecule has 0 fully saturated rings. The zero-order valence-electron chi connectivity index (χ0n) is 15.1. The van der Waals surface area contributed by atoms with Crippen LogP contribution in [0.2, 0.25) is 10.0 Å². The Morgan fingerprint density at radius 3 is 2.26 bits per heavy atom. The van der Waals surface area contributed by atoms with Crippen molar-refractivity contribution in [2.45, 2.75) is 32.9 Å². The average Bonchev–Trinajstić information content (AvgIpc) is 2.64. The molecule has 0 aliphatic heterocycles. The van der Waals surface area contributed by atoms with Crippen molar-refractivity contribution >= 4 is 50.9 Å². The van der Waals surface area contributed by atoms with Crippen molar-refractivity contribution in [3.63, 3.8) is 0 Å². The summed E-state index contributed by atoms with van der Waals surface area (Å²) in [5.74, 6) is -0.417. The molecule has 0 aliphatic carbocycles. The molecule has 0 unspecified atom stereocenters. The zero-order chi connectivity index (χ0) is 20.0. The van der Waals surface area contributed by atoms with Crippen molar-refractivity contribution in [3.8, 4) is 0 Å². The number of carbonyl (C=O) groups is 2. The summed E-state index contributed by atoms with van der Waals surface area (Å²) in [5.41, 5.74) is 1.49. The predicted octanol–water partition coefficient (Wildman–Crippen LogP) is 4.85. The molecule has 0 saturated carbocycles. The van der Waals surface area contributed by atoms with Crippen LogP contribution < -0.4 is 5.32 Å². The second-order valence-corrected chi connectivity index (χ2v) is 7.83. The number of carbonyl (C=O) groups excluding carboxylic acids is 2. The molecule has 0 radical (unpaired) electrons. The minimum atomic E-state index is -0.623. The number of hydrogen-bond donors (Lipinski definition) is 1. The lowest BCUT2D eigenvalue weighted by Gasteiger charge is -2.29. The monoisotopic (exact) mass is 470 g/mol. The Hall–Kier alpha value is -1.56. The van der Waals surface area contributed by atoms with E-state index in [1.165, 1.54) is 0 Å². The molecule has 4 nitrogen and oxygen atoms in total. The van der Waals surface area contributed by atoms with Crippen LogP contribution in [0.1, 0.15) is 25.0 Å². The van der Waals surface area contributed by atoms with Gasteiger partial charge < -0.3 is 10.2 Å². The fraction of sp³-hybridized carbons (Fsp3) is 0.300. The number of amides is 2. The Morgan fingerprint density at radius 1 is 1.11 bits per heavy atom. The lowest BCUT2D eigenvalue weighted by Crippen LogP contribution is -2.48. The van der Waals surface area contributed by atoms with Crippen LogP contribution >= 0.6 is 39.1 Å². The summed E-state index contributed by atoms with van der Waals surface area (Å²) in [7, 11) is 0. The molecule has 0 aliphatic rings. The maximum atomic E-state index is 13.1. The van der Waals surface area contributed by atoms with Gasteiger partial charge in [0.15, 0.2) is 0 Å². The molecule has 0 spiro atoms. The summed E-state index contributed by atoms with van der Waals surface area (Å²) in [6.07, 6.45) is 0.0266. The van der Waals surface area contributed by atoms with E-state index in [2.05, 4.69) is 21.2 Å². The Morgan fingerprint density at radius 2 is 1.70 bits per heavy atom.